The molecule has 0 bridgehead atoms. The second-order valence-electron chi connectivity index (χ2n) is 4.35. The molecule has 0 aromatic carbocycles. The summed E-state index contributed by atoms with van der Waals surface area (Å²) in [6.07, 6.45) is 6.33. The SMILES string of the molecule is CCCC(C)NCC(C)Sc1nccn1C. The average Bonchev–Trinajstić information content (AvgIpc) is 2.62. The van der Waals surface area contributed by atoms with Crippen molar-refractivity contribution in [2.24, 2.45) is 7.05 Å². The lowest BCUT2D eigenvalue weighted by molar-refractivity contribution is 0.511. The van der Waals surface area contributed by atoms with Crippen LogP contribution in [0.1, 0.15) is 33.6 Å². The van der Waals surface area contributed by atoms with E-state index in [4.69, 9.17) is 0 Å². The molecule has 4 heteroatoms. The minimum atomic E-state index is 0.556. The van der Waals surface area contributed by atoms with Crippen LogP contribution in [0.3, 0.4) is 0 Å². The van der Waals surface area contributed by atoms with Crippen molar-refractivity contribution in [2.45, 2.75) is 50.1 Å². The fourth-order valence-electron chi connectivity index (χ4n) is 1.59. The zero-order valence-electron chi connectivity index (χ0n) is 10.7. The monoisotopic (exact) mass is 241 g/mol. The summed E-state index contributed by atoms with van der Waals surface area (Å²) in [4.78, 5) is 4.32. The Labute approximate surface area is 103 Å². The summed E-state index contributed by atoms with van der Waals surface area (Å²) in [6, 6.07) is 0.620. The summed E-state index contributed by atoms with van der Waals surface area (Å²) in [5, 5.41) is 5.21. The minimum absolute atomic E-state index is 0.556. The number of rotatable bonds is 7. The number of thioether (sulfide) groups is 1. The summed E-state index contributed by atoms with van der Waals surface area (Å²) < 4.78 is 2.07. The molecule has 1 N–H and O–H groups in total. The van der Waals surface area contributed by atoms with E-state index in [9.17, 15) is 0 Å². The van der Waals surface area contributed by atoms with Gasteiger partial charge in [-0.2, -0.15) is 0 Å². The van der Waals surface area contributed by atoms with E-state index in [2.05, 4.69) is 35.6 Å². The second kappa shape index (κ2) is 6.97. The van der Waals surface area contributed by atoms with Crippen molar-refractivity contribution in [1.82, 2.24) is 14.9 Å². The molecule has 1 aromatic rings. The van der Waals surface area contributed by atoms with Crippen LogP contribution in [0.15, 0.2) is 17.6 Å². The first kappa shape index (κ1) is 13.6. The maximum atomic E-state index is 4.32. The van der Waals surface area contributed by atoms with Crippen LogP contribution in [0.25, 0.3) is 0 Å². The highest BCUT2D eigenvalue weighted by Gasteiger charge is 2.09. The molecule has 16 heavy (non-hydrogen) atoms. The lowest BCUT2D eigenvalue weighted by Crippen LogP contribution is -2.31. The van der Waals surface area contributed by atoms with Crippen molar-refractivity contribution in [1.29, 1.82) is 0 Å². The third kappa shape index (κ3) is 4.58. The topological polar surface area (TPSA) is 29.9 Å². The summed E-state index contributed by atoms with van der Waals surface area (Å²) in [6.45, 7) is 7.76. The Kier molecular flexibility index (Phi) is 5.91. The number of hydrogen-bond acceptors (Lipinski definition) is 3. The van der Waals surface area contributed by atoms with Gasteiger partial charge in [0.15, 0.2) is 5.16 Å². The van der Waals surface area contributed by atoms with E-state index in [0.717, 1.165) is 11.7 Å². The van der Waals surface area contributed by atoms with Gasteiger partial charge in [-0.25, -0.2) is 4.98 Å². The third-order valence-electron chi connectivity index (χ3n) is 2.56. The van der Waals surface area contributed by atoms with E-state index >= 15 is 0 Å². The fraction of sp³-hybridized carbons (Fsp3) is 0.750. The Morgan fingerprint density at radius 3 is 2.81 bits per heavy atom. The number of nitrogens with one attached hydrogen (secondary N) is 1. The predicted octanol–water partition coefficient (Wildman–Crippen LogP) is 2.68. The van der Waals surface area contributed by atoms with Gasteiger partial charge in [0.05, 0.1) is 0 Å². The molecule has 0 aliphatic carbocycles. The molecule has 92 valence electrons. The Balaban J connectivity index is 2.26. The molecule has 3 nitrogen and oxygen atoms in total. The Hall–Kier alpha value is -0.480. The molecular weight excluding hydrogens is 218 g/mol. The molecule has 0 saturated carbocycles. The van der Waals surface area contributed by atoms with Gasteiger partial charge in [0.1, 0.15) is 0 Å². The standard InChI is InChI=1S/C12H23N3S/c1-5-6-10(2)14-9-11(3)16-12-13-7-8-15(12)4/h7-8,10-11,14H,5-6,9H2,1-4H3. The molecule has 0 aliphatic heterocycles. The third-order valence-corrected chi connectivity index (χ3v) is 3.73. The normalized spacial score (nSPS) is 15.0. The zero-order chi connectivity index (χ0) is 12.0. The van der Waals surface area contributed by atoms with Gasteiger partial charge in [-0.05, 0) is 13.3 Å². The minimum Gasteiger partial charge on any atom is -0.329 e. The van der Waals surface area contributed by atoms with Crippen LogP contribution in [0.5, 0.6) is 0 Å². The second-order valence-corrected chi connectivity index (χ2v) is 5.75. The van der Waals surface area contributed by atoms with Crippen molar-refractivity contribution in [2.75, 3.05) is 6.54 Å². The molecule has 0 radical (unpaired) electrons. The molecule has 0 spiro atoms. The predicted molar refractivity (Wildman–Crippen MR) is 70.9 cm³/mol. The van der Waals surface area contributed by atoms with Crippen LogP contribution >= 0.6 is 11.8 Å². The van der Waals surface area contributed by atoms with Gasteiger partial charge in [0, 0.05) is 37.3 Å². The zero-order valence-corrected chi connectivity index (χ0v) is 11.5. The van der Waals surface area contributed by atoms with E-state index in [-0.39, 0.29) is 0 Å². The van der Waals surface area contributed by atoms with E-state index in [0.29, 0.717) is 11.3 Å². The number of imidazole rings is 1. The van der Waals surface area contributed by atoms with Crippen LogP contribution in [-0.4, -0.2) is 27.4 Å². The number of aromatic nitrogens is 2. The van der Waals surface area contributed by atoms with Gasteiger partial charge in [-0.3, -0.25) is 0 Å². The number of aryl methyl sites for hydroxylation is 1. The van der Waals surface area contributed by atoms with E-state index in [1.54, 1.807) is 0 Å². The Bertz CT molecular complexity index is 298. The lowest BCUT2D eigenvalue weighted by atomic mass is 10.2. The van der Waals surface area contributed by atoms with Crippen LogP contribution in [0, 0.1) is 0 Å². The summed E-state index contributed by atoms with van der Waals surface area (Å²) in [7, 11) is 2.04. The molecule has 1 aromatic heterocycles. The van der Waals surface area contributed by atoms with E-state index in [1.165, 1.54) is 12.8 Å². The summed E-state index contributed by atoms with van der Waals surface area (Å²) >= 11 is 1.83. The summed E-state index contributed by atoms with van der Waals surface area (Å²) in [5.74, 6) is 0. The molecule has 1 heterocycles. The number of hydrogen-bond donors (Lipinski definition) is 1. The first-order chi connectivity index (χ1) is 7.63. The Morgan fingerprint density at radius 2 is 2.25 bits per heavy atom. The van der Waals surface area contributed by atoms with Crippen molar-refractivity contribution >= 4 is 11.8 Å². The largest absolute Gasteiger partial charge is 0.329 e. The smallest absolute Gasteiger partial charge is 0.167 e. The van der Waals surface area contributed by atoms with Gasteiger partial charge < -0.3 is 9.88 Å². The number of nitrogens with zero attached hydrogens (tertiary/aromatic N) is 2. The van der Waals surface area contributed by atoms with Crippen LogP contribution < -0.4 is 5.32 Å². The van der Waals surface area contributed by atoms with Crippen molar-refractivity contribution in [3.8, 4) is 0 Å². The molecular formula is C12H23N3S. The van der Waals surface area contributed by atoms with Crippen LogP contribution in [-0.2, 0) is 7.05 Å². The summed E-state index contributed by atoms with van der Waals surface area (Å²) in [5.41, 5.74) is 0. The van der Waals surface area contributed by atoms with Gasteiger partial charge in [0.25, 0.3) is 0 Å². The van der Waals surface area contributed by atoms with Crippen molar-refractivity contribution < 1.29 is 0 Å². The molecule has 0 amide bonds. The molecule has 2 atom stereocenters. The molecule has 0 saturated heterocycles. The van der Waals surface area contributed by atoms with Gasteiger partial charge in [-0.15, -0.1) is 0 Å². The van der Waals surface area contributed by atoms with Crippen molar-refractivity contribution in [3.05, 3.63) is 12.4 Å². The molecule has 1 rings (SSSR count). The fourth-order valence-corrected chi connectivity index (χ4v) is 2.48. The van der Waals surface area contributed by atoms with Gasteiger partial charge in [-0.1, -0.05) is 32.0 Å². The highest BCUT2D eigenvalue weighted by molar-refractivity contribution is 7.99. The average molecular weight is 241 g/mol. The van der Waals surface area contributed by atoms with E-state index < -0.39 is 0 Å². The first-order valence-corrected chi connectivity index (χ1v) is 6.88. The molecule has 2 unspecified atom stereocenters. The molecule has 0 aliphatic rings. The highest BCUT2D eigenvalue weighted by Crippen LogP contribution is 2.19. The molecule has 0 fully saturated rings. The van der Waals surface area contributed by atoms with E-state index in [1.807, 2.05) is 31.2 Å². The van der Waals surface area contributed by atoms with Crippen LogP contribution in [0.2, 0.25) is 0 Å². The quantitative estimate of drug-likeness (QED) is 0.744. The first-order valence-electron chi connectivity index (χ1n) is 6.00. The van der Waals surface area contributed by atoms with Crippen LogP contribution in [0.4, 0.5) is 0 Å². The van der Waals surface area contributed by atoms with Crippen molar-refractivity contribution in [3.63, 3.8) is 0 Å². The van der Waals surface area contributed by atoms with Gasteiger partial charge >= 0.3 is 0 Å². The Morgan fingerprint density at radius 1 is 1.50 bits per heavy atom. The highest BCUT2D eigenvalue weighted by atomic mass is 32.2. The maximum absolute atomic E-state index is 4.32. The van der Waals surface area contributed by atoms with Gasteiger partial charge in [0.2, 0.25) is 0 Å². The maximum Gasteiger partial charge on any atom is 0.167 e. The lowest BCUT2D eigenvalue weighted by Gasteiger charge is -2.16.